The molecular weight excluding hydrogens is 1060 g/mol. The Hall–Kier alpha value is -8.03. The molecule has 86 heavy (non-hydrogen) atoms. The van der Waals surface area contributed by atoms with Gasteiger partial charge in [-0.25, -0.2) is 13.8 Å². The number of rotatable bonds is 11. The molecular formula is C79H86F2N4O. The molecule has 0 bridgehead atoms. The van der Waals surface area contributed by atoms with Crippen LogP contribution in [0.5, 0.6) is 11.5 Å². The highest BCUT2D eigenvalue weighted by molar-refractivity contribution is 6.09. The number of halogens is 2. The van der Waals surface area contributed by atoms with Gasteiger partial charge in [-0.3, -0.25) is 4.57 Å². The highest BCUT2D eigenvalue weighted by Crippen LogP contribution is 2.54. The molecule has 2 aromatic heterocycles. The molecule has 0 aliphatic carbocycles. The summed E-state index contributed by atoms with van der Waals surface area (Å²) in [7, 11) is 0. The van der Waals surface area contributed by atoms with E-state index in [0.717, 1.165) is 84.3 Å². The molecule has 1 aliphatic heterocycles. The average molecular weight is 1150 g/mol. The number of hydrogen-bond donors (Lipinski definition) is 0. The van der Waals surface area contributed by atoms with Crippen molar-refractivity contribution in [2.75, 3.05) is 16.5 Å². The Morgan fingerprint density at radius 2 is 0.977 bits per heavy atom. The molecule has 0 N–H and O–H groups in total. The van der Waals surface area contributed by atoms with Crippen molar-refractivity contribution in [2.24, 2.45) is 0 Å². The zero-order valence-corrected chi connectivity index (χ0v) is 54.0. The summed E-state index contributed by atoms with van der Waals surface area (Å²) >= 11 is 0. The number of nitrogens with zero attached hydrogens (tertiary/aromatic N) is 4. The van der Waals surface area contributed by atoms with Gasteiger partial charge in [0, 0.05) is 52.0 Å². The predicted molar refractivity (Wildman–Crippen MR) is 360 cm³/mol. The fourth-order valence-electron chi connectivity index (χ4n) is 12.4. The van der Waals surface area contributed by atoms with Crippen LogP contribution in [0.15, 0.2) is 164 Å². The normalized spacial score (nSPS) is 13.3. The Morgan fingerprint density at radius 3 is 1.55 bits per heavy atom. The monoisotopic (exact) mass is 1140 g/mol. The van der Waals surface area contributed by atoms with Gasteiger partial charge in [0.25, 0.3) is 0 Å². The second kappa shape index (κ2) is 22.0. The Labute approximate surface area is 510 Å². The van der Waals surface area contributed by atoms with Crippen molar-refractivity contribution in [2.45, 2.75) is 164 Å². The van der Waals surface area contributed by atoms with E-state index in [1.54, 1.807) is 0 Å². The number of ether oxygens (including phenoxy) is 1. The van der Waals surface area contributed by atoms with Crippen LogP contribution in [0.3, 0.4) is 0 Å². The molecule has 0 saturated heterocycles. The van der Waals surface area contributed by atoms with Crippen molar-refractivity contribution in [3.63, 3.8) is 0 Å². The SMILES string of the molecule is CC(C)c1cc(C(C)C)c(-c2cc(Oc3ccc4c5ccccc5n(-c5cc(C(C)(C)C)ccn5)c4c3)cc(N3CN(c4c(-c5cc(F)cc(F)c5)cc(C(C)(C)C)cc4-c4cc(C(C)(C)C)cc(C(C)(C)C)c4)c4ccccc43)c2)c(C(C)C)c1. The van der Waals surface area contributed by atoms with Crippen molar-refractivity contribution in [3.8, 4) is 50.7 Å². The molecule has 3 heterocycles. The molecule has 0 radical (unpaired) electrons. The molecule has 0 spiro atoms. The van der Waals surface area contributed by atoms with E-state index in [1.165, 1.54) is 51.1 Å². The lowest BCUT2D eigenvalue weighted by atomic mass is 9.77. The molecule has 0 unspecified atom stereocenters. The predicted octanol–water partition coefficient (Wildman–Crippen LogP) is 23.1. The summed E-state index contributed by atoms with van der Waals surface area (Å²) in [5.74, 6) is 1.80. The van der Waals surface area contributed by atoms with Crippen LogP contribution in [0, 0.1) is 11.6 Å². The number of aromatic nitrogens is 2. The summed E-state index contributed by atoms with van der Waals surface area (Å²) in [6.45, 7) is 41.1. The van der Waals surface area contributed by atoms with Gasteiger partial charge >= 0.3 is 0 Å². The fourth-order valence-corrected chi connectivity index (χ4v) is 12.4. The van der Waals surface area contributed by atoms with Gasteiger partial charge in [-0.2, -0.15) is 0 Å². The molecule has 11 rings (SSSR count). The van der Waals surface area contributed by atoms with Crippen LogP contribution in [0.1, 0.15) is 181 Å². The molecule has 0 saturated carbocycles. The van der Waals surface area contributed by atoms with Crippen LogP contribution in [-0.2, 0) is 21.7 Å². The second-order valence-electron chi connectivity index (χ2n) is 29.2. The molecule has 442 valence electrons. The molecule has 10 aromatic rings. The molecule has 0 fully saturated rings. The maximum absolute atomic E-state index is 15.9. The highest BCUT2D eigenvalue weighted by atomic mass is 19.1. The third-order valence-corrected chi connectivity index (χ3v) is 17.5. The third kappa shape index (κ3) is 11.5. The number of anilines is 4. The zero-order valence-electron chi connectivity index (χ0n) is 54.0. The first-order chi connectivity index (χ1) is 40.4. The van der Waals surface area contributed by atoms with Gasteiger partial charge in [0.15, 0.2) is 0 Å². The number of fused-ring (bicyclic) bond motifs is 4. The molecule has 8 aromatic carbocycles. The van der Waals surface area contributed by atoms with Crippen molar-refractivity contribution in [3.05, 3.63) is 215 Å². The summed E-state index contributed by atoms with van der Waals surface area (Å²) in [6.07, 6.45) is 1.92. The van der Waals surface area contributed by atoms with Gasteiger partial charge < -0.3 is 14.5 Å². The Bertz CT molecular complexity index is 4160. The highest BCUT2D eigenvalue weighted by Gasteiger charge is 2.35. The summed E-state index contributed by atoms with van der Waals surface area (Å²) in [4.78, 5) is 9.75. The average Bonchev–Trinajstić information content (AvgIpc) is 1.82. The zero-order chi connectivity index (χ0) is 61.7. The van der Waals surface area contributed by atoms with E-state index in [0.29, 0.717) is 29.6 Å². The van der Waals surface area contributed by atoms with Crippen molar-refractivity contribution in [1.29, 1.82) is 0 Å². The molecule has 1 aliphatic rings. The molecule has 0 amide bonds. The van der Waals surface area contributed by atoms with Crippen LogP contribution >= 0.6 is 0 Å². The summed E-state index contributed by atoms with van der Waals surface area (Å²) in [6, 6.07) is 54.9. The molecule has 0 atom stereocenters. The first-order valence-electron chi connectivity index (χ1n) is 30.9. The van der Waals surface area contributed by atoms with Gasteiger partial charge in [-0.15, -0.1) is 0 Å². The maximum atomic E-state index is 15.9. The lowest BCUT2D eigenvalue weighted by Crippen LogP contribution is -2.25. The van der Waals surface area contributed by atoms with E-state index < -0.39 is 11.6 Å². The van der Waals surface area contributed by atoms with E-state index in [9.17, 15) is 0 Å². The number of pyridine rings is 1. The van der Waals surface area contributed by atoms with Gasteiger partial charge in [0.1, 0.15) is 35.6 Å². The lowest BCUT2D eigenvalue weighted by Gasteiger charge is -2.32. The minimum atomic E-state index is -0.624. The van der Waals surface area contributed by atoms with E-state index in [4.69, 9.17) is 9.72 Å². The van der Waals surface area contributed by atoms with Crippen molar-refractivity contribution in [1.82, 2.24) is 9.55 Å². The van der Waals surface area contributed by atoms with E-state index >= 15 is 8.78 Å². The largest absolute Gasteiger partial charge is 0.457 e. The summed E-state index contributed by atoms with van der Waals surface area (Å²) in [5.41, 5.74) is 19.3. The minimum Gasteiger partial charge on any atom is -0.457 e. The quantitative estimate of drug-likeness (QED) is 0.129. The van der Waals surface area contributed by atoms with Crippen molar-refractivity contribution >= 4 is 44.6 Å². The van der Waals surface area contributed by atoms with Gasteiger partial charge in [0.05, 0.1) is 28.1 Å². The minimum absolute atomic E-state index is 0.0727. The Balaban J connectivity index is 1.16. The summed E-state index contributed by atoms with van der Waals surface area (Å²) < 4.78 is 41.3. The van der Waals surface area contributed by atoms with E-state index in [1.807, 2.05) is 6.20 Å². The van der Waals surface area contributed by atoms with E-state index in [-0.39, 0.29) is 33.5 Å². The first kappa shape index (κ1) is 59.7. The van der Waals surface area contributed by atoms with Crippen molar-refractivity contribution < 1.29 is 13.5 Å². The first-order valence-corrected chi connectivity index (χ1v) is 30.9. The molecule has 7 heteroatoms. The molecule has 5 nitrogen and oxygen atoms in total. The topological polar surface area (TPSA) is 33.5 Å². The van der Waals surface area contributed by atoms with Gasteiger partial charge in [0.2, 0.25) is 0 Å². The van der Waals surface area contributed by atoms with Crippen LogP contribution in [0.2, 0.25) is 0 Å². The van der Waals surface area contributed by atoms with Crippen LogP contribution in [-0.4, -0.2) is 16.2 Å². The number of benzene rings is 8. The van der Waals surface area contributed by atoms with Crippen LogP contribution in [0.25, 0.3) is 61.0 Å². The Kier molecular flexibility index (Phi) is 15.3. The fraction of sp³-hybridized carbons (Fsp3) is 0.329. The third-order valence-electron chi connectivity index (χ3n) is 17.5. The summed E-state index contributed by atoms with van der Waals surface area (Å²) in [5, 5.41) is 2.26. The Morgan fingerprint density at radius 1 is 0.442 bits per heavy atom. The van der Waals surface area contributed by atoms with Crippen LogP contribution < -0.4 is 14.5 Å². The van der Waals surface area contributed by atoms with Gasteiger partial charge in [-0.05, 0) is 179 Å². The lowest BCUT2D eigenvalue weighted by molar-refractivity contribution is 0.483. The van der Waals surface area contributed by atoms with Crippen LogP contribution in [0.4, 0.5) is 31.5 Å². The van der Waals surface area contributed by atoms with E-state index in [2.05, 4.69) is 279 Å². The standard InChI is InChI=1S/C79H86F2N4O/c1-47(2)50-37-65(48(3)4)74(66(38-50)49(5)6)53-35-60(44-62(36-53)86-61-27-28-64-63-23-19-20-24-69(63)85(72(64)45-61)73-42-54(29-30-82-73)76(7,8)9)83-46-84(71-26-22-21-25-70(71)83)75-67(51-31-55(77(10,11)12)39-56(32-51)78(13,14)15)40-57(79(16,17)18)41-68(75)52-33-58(80)43-59(81)34-52/h19-45,47-49H,46H2,1-18H3. The maximum Gasteiger partial charge on any atom is 0.137 e. The number of hydrogen-bond acceptors (Lipinski definition) is 4. The number of para-hydroxylation sites is 3. The second-order valence-corrected chi connectivity index (χ2v) is 29.2. The smallest absolute Gasteiger partial charge is 0.137 e. The van der Waals surface area contributed by atoms with Gasteiger partial charge in [-0.1, -0.05) is 185 Å².